The molecule has 9 heteroatoms. The van der Waals surface area contributed by atoms with Crippen LogP contribution in [0.3, 0.4) is 0 Å². The van der Waals surface area contributed by atoms with Crippen LogP contribution < -0.4 is 5.32 Å². The van der Waals surface area contributed by atoms with Gasteiger partial charge in [-0.05, 0) is 77.2 Å². The molecular formula is C31H24ClF4NO3. The first kappa shape index (κ1) is 27.8. The average molecular weight is 570 g/mol. The fourth-order valence-electron chi connectivity index (χ4n) is 4.57. The molecule has 1 aliphatic heterocycles. The number of carbonyl (C=O) groups excluding carboxylic acids is 1. The van der Waals surface area contributed by atoms with Gasteiger partial charge in [-0.15, -0.1) is 0 Å². The summed E-state index contributed by atoms with van der Waals surface area (Å²) in [6.45, 7) is 0. The van der Waals surface area contributed by atoms with E-state index in [1.807, 2.05) is 12.1 Å². The Kier molecular flexibility index (Phi) is 7.94. The Morgan fingerprint density at radius 3 is 1.95 bits per heavy atom. The second-order valence-electron chi connectivity index (χ2n) is 9.63. The third kappa shape index (κ3) is 6.53. The molecule has 0 aliphatic carbocycles. The van der Waals surface area contributed by atoms with E-state index >= 15 is 0 Å². The highest BCUT2D eigenvalue weighted by atomic mass is 35.5. The van der Waals surface area contributed by atoms with Gasteiger partial charge in [0.15, 0.2) is 0 Å². The number of rotatable bonds is 8. The number of epoxide rings is 1. The van der Waals surface area contributed by atoms with E-state index in [0.717, 1.165) is 23.3 Å². The fourth-order valence-corrected chi connectivity index (χ4v) is 4.69. The highest BCUT2D eigenvalue weighted by molar-refractivity contribution is 6.30. The molecule has 4 aromatic carbocycles. The lowest BCUT2D eigenvalue weighted by atomic mass is 9.95. The molecule has 0 bridgehead atoms. The molecule has 1 saturated heterocycles. The molecule has 5 rings (SSSR count). The molecule has 0 spiro atoms. The summed E-state index contributed by atoms with van der Waals surface area (Å²) >= 11 is 5.95. The van der Waals surface area contributed by atoms with Crippen molar-refractivity contribution in [3.8, 4) is 0 Å². The quantitative estimate of drug-likeness (QED) is 0.172. The normalized spacial score (nSPS) is 18.1. The zero-order valence-electron chi connectivity index (χ0n) is 20.9. The summed E-state index contributed by atoms with van der Waals surface area (Å²) in [4.78, 5) is 13.2. The van der Waals surface area contributed by atoms with E-state index in [2.05, 4.69) is 5.32 Å². The molecule has 1 heterocycles. The van der Waals surface area contributed by atoms with Crippen LogP contribution in [0, 0.1) is 5.82 Å². The van der Waals surface area contributed by atoms with Crippen molar-refractivity contribution < 1.29 is 32.2 Å². The average Bonchev–Trinajstić information content (AvgIpc) is 3.74. The van der Waals surface area contributed by atoms with E-state index in [1.165, 1.54) is 36.4 Å². The van der Waals surface area contributed by atoms with Gasteiger partial charge in [-0.25, -0.2) is 4.39 Å². The van der Waals surface area contributed by atoms with Crippen molar-refractivity contribution in [2.45, 2.75) is 37.0 Å². The van der Waals surface area contributed by atoms with Crippen LogP contribution in [0.15, 0.2) is 97.1 Å². The number of hydrogen-bond acceptors (Lipinski definition) is 3. The Morgan fingerprint density at radius 2 is 1.40 bits per heavy atom. The summed E-state index contributed by atoms with van der Waals surface area (Å²) in [7, 11) is 0. The van der Waals surface area contributed by atoms with Crippen molar-refractivity contribution >= 4 is 17.5 Å². The number of alkyl halides is 3. The van der Waals surface area contributed by atoms with Gasteiger partial charge in [-0.3, -0.25) is 4.79 Å². The molecular weight excluding hydrogens is 546 g/mol. The standard InChI is InChI=1S/C31H24ClF4NO3/c32-24-13-7-21(8-14-24)29-28(40-29)20-3-5-22(6-4-20)30(39)37-26(27(38)19-9-15-25(33)16-10-19)17-18-1-11-23(12-2-18)31(34,35)36/h1-16,26-29,38H,17H2,(H,37,39)/t26?,27?,28-,29-/m1/s1. The van der Waals surface area contributed by atoms with E-state index in [0.29, 0.717) is 21.7 Å². The van der Waals surface area contributed by atoms with Gasteiger partial charge in [0.05, 0.1) is 17.7 Å². The molecule has 1 amide bonds. The summed E-state index contributed by atoms with van der Waals surface area (Å²) < 4.78 is 58.2. The number of carbonyl (C=O) groups is 1. The number of aliphatic hydroxyl groups is 1. The number of nitrogens with one attached hydrogen (secondary N) is 1. The van der Waals surface area contributed by atoms with Crippen LogP contribution >= 0.6 is 11.6 Å². The van der Waals surface area contributed by atoms with Crippen molar-refractivity contribution in [1.29, 1.82) is 0 Å². The van der Waals surface area contributed by atoms with Crippen LogP contribution in [0.4, 0.5) is 17.6 Å². The molecule has 4 aromatic rings. The van der Waals surface area contributed by atoms with Crippen LogP contribution in [-0.2, 0) is 17.3 Å². The van der Waals surface area contributed by atoms with Gasteiger partial charge < -0.3 is 15.2 Å². The Balaban J connectivity index is 1.30. The summed E-state index contributed by atoms with van der Waals surface area (Å²) in [5.74, 6) is -0.965. The van der Waals surface area contributed by atoms with Crippen molar-refractivity contribution in [2.75, 3.05) is 0 Å². The Morgan fingerprint density at radius 1 is 0.850 bits per heavy atom. The van der Waals surface area contributed by atoms with Gasteiger partial charge in [0.25, 0.3) is 5.91 Å². The van der Waals surface area contributed by atoms with Crippen LogP contribution in [0.25, 0.3) is 0 Å². The van der Waals surface area contributed by atoms with Crippen molar-refractivity contribution in [3.05, 3.63) is 141 Å². The SMILES string of the molecule is O=C(NC(Cc1ccc(C(F)(F)F)cc1)C(O)c1ccc(F)cc1)c1ccc([C@H]2O[C@@H]2c2ccc(Cl)cc2)cc1. The van der Waals surface area contributed by atoms with E-state index < -0.39 is 35.6 Å². The second-order valence-corrected chi connectivity index (χ2v) is 10.1. The van der Waals surface area contributed by atoms with Gasteiger partial charge in [0.2, 0.25) is 0 Å². The van der Waals surface area contributed by atoms with Gasteiger partial charge in [-0.1, -0.05) is 60.1 Å². The van der Waals surface area contributed by atoms with Crippen molar-refractivity contribution in [1.82, 2.24) is 5.32 Å². The Bertz CT molecular complexity index is 1460. The predicted molar refractivity (Wildman–Crippen MR) is 142 cm³/mol. The van der Waals surface area contributed by atoms with Crippen LogP contribution in [0.1, 0.15) is 56.5 Å². The van der Waals surface area contributed by atoms with Crippen molar-refractivity contribution in [3.63, 3.8) is 0 Å². The minimum absolute atomic E-state index is 0.0409. The molecule has 1 aliphatic rings. The molecule has 0 radical (unpaired) electrons. The largest absolute Gasteiger partial charge is 0.416 e. The summed E-state index contributed by atoms with van der Waals surface area (Å²) in [6.07, 6.45) is -5.93. The first-order valence-corrected chi connectivity index (χ1v) is 12.9. The van der Waals surface area contributed by atoms with E-state index in [4.69, 9.17) is 16.3 Å². The zero-order valence-corrected chi connectivity index (χ0v) is 21.7. The Labute approximate surface area is 233 Å². The fraction of sp³-hybridized carbons (Fsp3) is 0.194. The summed E-state index contributed by atoms with van der Waals surface area (Å²) in [5.41, 5.74) is 2.26. The smallest absolute Gasteiger partial charge is 0.386 e. The first-order chi connectivity index (χ1) is 19.1. The maximum absolute atomic E-state index is 13.4. The van der Waals surface area contributed by atoms with E-state index in [9.17, 15) is 27.5 Å². The lowest BCUT2D eigenvalue weighted by Gasteiger charge is -2.25. The van der Waals surface area contributed by atoms with E-state index in [-0.39, 0.29) is 18.6 Å². The van der Waals surface area contributed by atoms with Gasteiger partial charge in [0.1, 0.15) is 18.0 Å². The first-order valence-electron chi connectivity index (χ1n) is 12.5. The second kappa shape index (κ2) is 11.4. The minimum atomic E-state index is -4.48. The van der Waals surface area contributed by atoms with Crippen molar-refractivity contribution in [2.24, 2.45) is 0 Å². The number of hydrogen-bond donors (Lipinski definition) is 2. The third-order valence-electron chi connectivity index (χ3n) is 6.84. The topological polar surface area (TPSA) is 61.9 Å². The lowest BCUT2D eigenvalue weighted by molar-refractivity contribution is -0.137. The zero-order chi connectivity index (χ0) is 28.4. The molecule has 2 N–H and O–H groups in total. The molecule has 40 heavy (non-hydrogen) atoms. The van der Waals surface area contributed by atoms with Crippen LogP contribution in [0.5, 0.6) is 0 Å². The summed E-state index contributed by atoms with van der Waals surface area (Å²) in [5, 5.41) is 14.5. The maximum Gasteiger partial charge on any atom is 0.416 e. The van der Waals surface area contributed by atoms with Gasteiger partial charge >= 0.3 is 6.18 Å². The molecule has 0 saturated carbocycles. The molecule has 206 valence electrons. The monoisotopic (exact) mass is 569 g/mol. The number of aliphatic hydroxyl groups excluding tert-OH is 1. The summed E-state index contributed by atoms with van der Waals surface area (Å²) in [6, 6.07) is 23.0. The Hall–Kier alpha value is -3.72. The maximum atomic E-state index is 13.4. The minimum Gasteiger partial charge on any atom is -0.386 e. The molecule has 4 nitrogen and oxygen atoms in total. The number of ether oxygens (including phenoxy) is 1. The van der Waals surface area contributed by atoms with E-state index in [1.54, 1.807) is 36.4 Å². The highest BCUT2D eigenvalue weighted by Gasteiger charge is 2.41. The van der Waals surface area contributed by atoms with Gasteiger partial charge in [0, 0.05) is 10.6 Å². The lowest BCUT2D eigenvalue weighted by Crippen LogP contribution is -2.41. The molecule has 4 atom stereocenters. The number of halogens is 5. The number of amides is 1. The molecule has 0 aromatic heterocycles. The molecule has 2 unspecified atom stereocenters. The van der Waals surface area contributed by atoms with Gasteiger partial charge in [-0.2, -0.15) is 13.2 Å². The van der Waals surface area contributed by atoms with Crippen LogP contribution in [0.2, 0.25) is 5.02 Å². The third-order valence-corrected chi connectivity index (χ3v) is 7.09. The predicted octanol–water partition coefficient (Wildman–Crippen LogP) is 7.39. The molecule has 1 fully saturated rings. The highest BCUT2D eigenvalue weighted by Crippen LogP contribution is 2.51. The number of benzene rings is 4. The van der Waals surface area contributed by atoms with Crippen LogP contribution in [-0.4, -0.2) is 17.1 Å².